The molecule has 0 aliphatic heterocycles. The van der Waals surface area contributed by atoms with Gasteiger partial charge in [-0.3, -0.25) is 0 Å². The van der Waals surface area contributed by atoms with Gasteiger partial charge in [0.25, 0.3) is 0 Å². The van der Waals surface area contributed by atoms with Crippen molar-refractivity contribution in [2.75, 3.05) is 6.16 Å². The summed E-state index contributed by atoms with van der Waals surface area (Å²) in [5.41, 5.74) is 0. The van der Waals surface area contributed by atoms with Crippen molar-refractivity contribution in [1.82, 2.24) is 0 Å². The molecule has 0 saturated carbocycles. The van der Waals surface area contributed by atoms with Crippen molar-refractivity contribution in [1.29, 1.82) is 0 Å². The van der Waals surface area contributed by atoms with Gasteiger partial charge in [0.15, 0.2) is 6.16 Å². The van der Waals surface area contributed by atoms with Crippen LogP contribution in [0.3, 0.4) is 0 Å². The zero-order valence-electron chi connectivity index (χ0n) is 3.72. The van der Waals surface area contributed by atoms with E-state index in [1.807, 2.05) is 6.92 Å². The van der Waals surface area contributed by atoms with Gasteiger partial charge in [0.1, 0.15) is 12.2 Å². The average Bonchev–Trinajstić information content (AvgIpc) is 1.35. The summed E-state index contributed by atoms with van der Waals surface area (Å²) < 4.78 is 10.1. The van der Waals surface area contributed by atoms with Crippen LogP contribution < -0.4 is 0 Å². The highest BCUT2D eigenvalue weighted by atomic mass is 32.7. The predicted octanol–water partition coefficient (Wildman–Crippen LogP) is 2.07. The van der Waals surface area contributed by atoms with E-state index in [1.165, 1.54) is 0 Å². The van der Waals surface area contributed by atoms with Gasteiger partial charge in [0.2, 0.25) is 0 Å². The van der Waals surface area contributed by atoms with Crippen molar-refractivity contribution >= 4 is 19.3 Å². The standard InChI is InChI=1S/C3H7OPS/c1-2-3-5(4)6/h2-3H2,1H3/p+1. The van der Waals surface area contributed by atoms with Gasteiger partial charge >= 0.3 is 7.00 Å². The molecule has 1 unspecified atom stereocenters. The minimum absolute atomic E-state index is 0.748. The smallest absolute Gasteiger partial charge is 0.0613 e. The summed E-state index contributed by atoms with van der Waals surface area (Å²) in [4.78, 5) is 0. The second-order valence-electron chi connectivity index (χ2n) is 1.08. The molecule has 6 heavy (non-hydrogen) atoms. The fourth-order valence-corrected chi connectivity index (χ4v) is 1.17. The lowest BCUT2D eigenvalue weighted by atomic mass is 10.6. The van der Waals surface area contributed by atoms with Crippen LogP contribution in [0, 0.1) is 0 Å². The molecule has 0 aromatic heterocycles. The molecule has 0 spiro atoms. The largest absolute Gasteiger partial charge is 0.407 e. The molecule has 1 nitrogen and oxygen atoms in total. The molecule has 0 fully saturated rings. The molecule has 0 amide bonds. The maximum atomic E-state index is 10.1. The lowest BCUT2D eigenvalue weighted by molar-refractivity contribution is 0.596. The van der Waals surface area contributed by atoms with Crippen LogP contribution in [0.4, 0.5) is 0 Å². The second kappa shape index (κ2) is 3.63. The van der Waals surface area contributed by atoms with Crippen LogP contribution >= 0.6 is 19.3 Å². The van der Waals surface area contributed by atoms with Gasteiger partial charge in [0, 0.05) is 0 Å². The van der Waals surface area contributed by atoms with Crippen molar-refractivity contribution in [3.63, 3.8) is 0 Å². The van der Waals surface area contributed by atoms with Gasteiger partial charge in [-0.15, -0.1) is 0 Å². The zero-order chi connectivity index (χ0) is 4.99. The fourth-order valence-electron chi connectivity index (χ4n) is 0.191. The summed E-state index contributed by atoms with van der Waals surface area (Å²) in [6, 6.07) is 0. The summed E-state index contributed by atoms with van der Waals surface area (Å²) in [6.45, 7) is 1.99. The lowest BCUT2D eigenvalue weighted by Gasteiger charge is -1.66. The topological polar surface area (TPSA) is 17.1 Å². The number of hydrogen-bond donors (Lipinski definition) is 1. The molecule has 0 aliphatic carbocycles. The molecule has 0 saturated heterocycles. The van der Waals surface area contributed by atoms with Gasteiger partial charge < -0.3 is 0 Å². The Bertz CT molecular complexity index is 54.8. The van der Waals surface area contributed by atoms with E-state index in [1.54, 1.807) is 0 Å². The zero-order valence-corrected chi connectivity index (χ0v) is 5.51. The summed E-state index contributed by atoms with van der Waals surface area (Å²) in [5, 5.41) is 0. The Morgan fingerprint density at radius 2 is 2.33 bits per heavy atom. The average molecular weight is 123 g/mol. The molecule has 0 aliphatic rings. The molecular formula is C3H8OPS+. The third-order valence-corrected chi connectivity index (χ3v) is 1.84. The molecule has 0 N–H and O–H groups in total. The van der Waals surface area contributed by atoms with Crippen molar-refractivity contribution in [2.45, 2.75) is 13.3 Å². The van der Waals surface area contributed by atoms with Gasteiger partial charge in [-0.25, -0.2) is 0 Å². The highest BCUT2D eigenvalue weighted by molar-refractivity contribution is 8.40. The van der Waals surface area contributed by atoms with Crippen LogP contribution in [0.1, 0.15) is 13.3 Å². The second-order valence-corrected chi connectivity index (χ2v) is 3.57. The first-order chi connectivity index (χ1) is 2.77. The number of hydrogen-bond acceptors (Lipinski definition) is 1. The summed E-state index contributed by atoms with van der Waals surface area (Å²) in [6.07, 6.45) is 1.72. The van der Waals surface area contributed by atoms with Crippen LogP contribution in [-0.2, 0) is 4.57 Å². The van der Waals surface area contributed by atoms with E-state index >= 15 is 0 Å². The molecule has 0 aromatic rings. The molecule has 1 atom stereocenters. The van der Waals surface area contributed by atoms with E-state index in [-0.39, 0.29) is 0 Å². The fraction of sp³-hybridized carbons (Fsp3) is 1.00. The first-order valence-corrected chi connectivity index (χ1v) is 4.50. The summed E-state index contributed by atoms with van der Waals surface area (Å²) in [7, 11) is -1.16. The van der Waals surface area contributed by atoms with Gasteiger partial charge in [-0.1, -0.05) is 11.5 Å². The van der Waals surface area contributed by atoms with Crippen molar-refractivity contribution in [3.05, 3.63) is 0 Å². The van der Waals surface area contributed by atoms with E-state index in [0.29, 0.717) is 0 Å². The first kappa shape index (κ1) is 6.45. The van der Waals surface area contributed by atoms with Crippen LogP contribution in [0.25, 0.3) is 0 Å². The molecule has 0 radical (unpaired) electrons. The molecule has 0 aromatic carbocycles. The quantitative estimate of drug-likeness (QED) is 0.439. The van der Waals surface area contributed by atoms with E-state index in [9.17, 15) is 4.57 Å². The Morgan fingerprint density at radius 1 is 1.83 bits per heavy atom. The Hall–Kier alpha value is 0.450. The van der Waals surface area contributed by atoms with Crippen molar-refractivity contribution in [3.8, 4) is 0 Å². The first-order valence-electron chi connectivity index (χ1n) is 1.91. The predicted molar refractivity (Wildman–Crippen MR) is 31.8 cm³/mol. The maximum absolute atomic E-state index is 10.1. The minimum atomic E-state index is -1.16. The Kier molecular flexibility index (Phi) is 3.91. The SMILES string of the molecule is CCC[P+](=O)S. The maximum Gasteiger partial charge on any atom is 0.407 e. The van der Waals surface area contributed by atoms with Crippen molar-refractivity contribution in [2.24, 2.45) is 0 Å². The molecule has 0 heterocycles. The normalized spacial score (nSPS) is 11.3. The third-order valence-electron chi connectivity index (χ3n) is 0.415. The Balaban J connectivity index is 2.83. The number of rotatable bonds is 2. The molecule has 36 valence electrons. The minimum Gasteiger partial charge on any atom is -0.0613 e. The summed E-state index contributed by atoms with van der Waals surface area (Å²) in [5.74, 6) is 0. The van der Waals surface area contributed by atoms with Crippen LogP contribution in [0.15, 0.2) is 0 Å². The summed E-state index contributed by atoms with van der Waals surface area (Å²) >= 11 is 3.69. The molecule has 0 rings (SSSR count). The molecular weight excluding hydrogens is 115 g/mol. The lowest BCUT2D eigenvalue weighted by Crippen LogP contribution is -1.62. The molecule has 3 heteroatoms. The van der Waals surface area contributed by atoms with E-state index in [0.717, 1.165) is 12.6 Å². The monoisotopic (exact) mass is 123 g/mol. The van der Waals surface area contributed by atoms with Crippen molar-refractivity contribution < 1.29 is 4.57 Å². The number of thiol groups is 1. The third kappa shape index (κ3) is 4.45. The van der Waals surface area contributed by atoms with Gasteiger partial charge in [-0.05, 0) is 6.42 Å². The Morgan fingerprint density at radius 3 is 2.33 bits per heavy atom. The van der Waals surface area contributed by atoms with E-state index in [2.05, 4.69) is 12.2 Å². The highest BCUT2D eigenvalue weighted by Crippen LogP contribution is 2.25. The van der Waals surface area contributed by atoms with E-state index in [4.69, 9.17) is 0 Å². The Labute approximate surface area is 44.1 Å². The van der Waals surface area contributed by atoms with Gasteiger partial charge in [0.05, 0.1) is 0 Å². The van der Waals surface area contributed by atoms with Crippen LogP contribution in [0.5, 0.6) is 0 Å². The highest BCUT2D eigenvalue weighted by Gasteiger charge is 2.01. The van der Waals surface area contributed by atoms with E-state index < -0.39 is 7.00 Å². The van der Waals surface area contributed by atoms with Crippen LogP contribution in [0.2, 0.25) is 0 Å². The van der Waals surface area contributed by atoms with Gasteiger partial charge in [-0.2, -0.15) is 0 Å². The molecule has 0 bridgehead atoms. The van der Waals surface area contributed by atoms with Crippen LogP contribution in [-0.4, -0.2) is 6.16 Å².